The molecule has 2 fully saturated rings. The summed E-state index contributed by atoms with van der Waals surface area (Å²) in [7, 11) is -3.69. The van der Waals surface area contributed by atoms with E-state index in [4.69, 9.17) is 10.8 Å². The number of rotatable bonds is 15. The van der Waals surface area contributed by atoms with Crippen LogP contribution in [0.2, 0.25) is 0 Å². The molecule has 0 aromatic carbocycles. The van der Waals surface area contributed by atoms with Crippen LogP contribution >= 0.6 is 0 Å². The number of furan rings is 1. The molecular weight excluding hydrogens is 687 g/mol. The first-order chi connectivity index (χ1) is 24.2. The highest BCUT2D eigenvalue weighted by Gasteiger charge is 2.48. The van der Waals surface area contributed by atoms with Crippen LogP contribution < -0.4 is 21.3 Å². The first kappa shape index (κ1) is 42.3. The number of terminal acetylenes is 1. The molecule has 13 nitrogen and oxygen atoms in total. The zero-order chi connectivity index (χ0) is 38.9. The van der Waals surface area contributed by atoms with E-state index in [1.54, 1.807) is 32.9 Å². The van der Waals surface area contributed by atoms with Crippen molar-refractivity contribution in [3.63, 3.8) is 0 Å². The van der Waals surface area contributed by atoms with Crippen molar-refractivity contribution < 1.29 is 36.8 Å². The van der Waals surface area contributed by atoms with E-state index in [9.17, 15) is 32.4 Å². The van der Waals surface area contributed by atoms with E-state index >= 15 is 0 Å². The molecule has 2 heterocycles. The van der Waals surface area contributed by atoms with E-state index in [-0.39, 0.29) is 55.2 Å². The van der Waals surface area contributed by atoms with Crippen LogP contribution in [0.25, 0.3) is 0 Å². The highest BCUT2D eigenvalue weighted by molar-refractivity contribution is 7.90. The van der Waals surface area contributed by atoms with Gasteiger partial charge in [0.15, 0.2) is 9.84 Å². The molecule has 2 unspecified atom stereocenters. The largest absolute Gasteiger partial charge is 0.468 e. The van der Waals surface area contributed by atoms with E-state index in [1.807, 2.05) is 20.8 Å². The number of hydrogen-bond acceptors (Lipinski definition) is 8. The minimum atomic E-state index is -3.69. The highest BCUT2D eigenvalue weighted by Crippen LogP contribution is 2.40. The van der Waals surface area contributed by atoms with E-state index in [0.717, 1.165) is 19.3 Å². The molecule has 14 heteroatoms. The topological polar surface area (TPSA) is 184 Å². The van der Waals surface area contributed by atoms with Gasteiger partial charge in [-0.2, -0.15) is 0 Å². The maximum atomic E-state index is 14.6. The van der Waals surface area contributed by atoms with Crippen LogP contribution in [0, 0.1) is 29.1 Å². The van der Waals surface area contributed by atoms with Gasteiger partial charge < -0.3 is 30.6 Å². The monoisotopic (exact) mass is 743 g/mol. The summed E-state index contributed by atoms with van der Waals surface area (Å²) in [5.74, 6) is -0.723. The summed E-state index contributed by atoms with van der Waals surface area (Å²) in [4.78, 5) is 69.5. The molecule has 1 saturated heterocycles. The third-order valence-electron chi connectivity index (χ3n) is 10.3. The molecule has 5 amide bonds. The van der Waals surface area contributed by atoms with Crippen molar-refractivity contribution in [2.75, 3.05) is 18.8 Å². The Morgan fingerprint density at radius 2 is 1.81 bits per heavy atom. The van der Waals surface area contributed by atoms with Crippen LogP contribution in [0.1, 0.15) is 98.7 Å². The molecule has 1 aliphatic heterocycles. The number of carbonyl (C=O) groups excluding carboxylic acids is 5. The van der Waals surface area contributed by atoms with Gasteiger partial charge in [-0.3, -0.25) is 19.2 Å². The number of hydrogen-bond donors (Lipinski definition) is 4. The predicted octanol–water partition coefficient (Wildman–Crippen LogP) is 3.64. The van der Waals surface area contributed by atoms with Gasteiger partial charge in [0, 0.05) is 19.5 Å². The molecule has 1 aromatic heterocycles. The van der Waals surface area contributed by atoms with Crippen molar-refractivity contribution in [3.8, 4) is 12.3 Å². The molecule has 0 bridgehead atoms. The maximum absolute atomic E-state index is 14.6. The van der Waals surface area contributed by atoms with Gasteiger partial charge in [0.1, 0.15) is 23.6 Å². The average molecular weight is 744 g/mol. The van der Waals surface area contributed by atoms with Crippen molar-refractivity contribution in [1.29, 1.82) is 0 Å². The Hall–Kier alpha value is -4.12. The lowest BCUT2D eigenvalue weighted by atomic mass is 9.71. The molecule has 1 aromatic rings. The number of ketones is 1. The molecule has 0 spiro atoms. The minimum Gasteiger partial charge on any atom is -0.468 e. The Kier molecular flexibility index (Phi) is 14.3. The molecule has 1 aliphatic carbocycles. The summed E-state index contributed by atoms with van der Waals surface area (Å²) in [6, 6.07) is -0.818. The zero-order valence-corrected chi connectivity index (χ0v) is 32.3. The molecule has 4 atom stereocenters. The lowest BCUT2D eigenvalue weighted by Gasteiger charge is -2.49. The number of likely N-dealkylation sites (tertiary alicyclic amines) is 1. The lowest BCUT2D eigenvalue weighted by molar-refractivity contribution is -0.151. The number of sulfone groups is 1. The summed E-state index contributed by atoms with van der Waals surface area (Å²) in [6.45, 7) is 15.2. The van der Waals surface area contributed by atoms with Gasteiger partial charge in [0.25, 0.3) is 5.91 Å². The van der Waals surface area contributed by atoms with Crippen molar-refractivity contribution in [1.82, 2.24) is 26.2 Å². The second kappa shape index (κ2) is 17.6. The number of carbonyl (C=O) groups is 5. The molecule has 4 N–H and O–H groups in total. The lowest BCUT2D eigenvalue weighted by Crippen LogP contribution is -2.66. The summed E-state index contributed by atoms with van der Waals surface area (Å²) in [5, 5.41) is 10.9. The Morgan fingerprint density at radius 1 is 1.13 bits per heavy atom. The minimum absolute atomic E-state index is 0.0222. The quantitative estimate of drug-likeness (QED) is 0.119. The molecule has 0 radical (unpaired) electrons. The van der Waals surface area contributed by atoms with E-state index in [2.05, 4.69) is 33.8 Å². The first-order valence-electron chi connectivity index (χ1n) is 18.0. The maximum Gasteiger partial charge on any atom is 0.315 e. The SMILES string of the molecule is C#CCCC(NC(=O)[C@@H]1CC(C)(C)C(C)CN1C(=O)[C@@H](NC(=O)NC1(CS(=O)(=O)Cc2ccco2)CCCCC1)C(C)(C)C)C(=O)C(=O)NCC=C. The zero-order valence-electron chi connectivity index (χ0n) is 31.5. The summed E-state index contributed by atoms with van der Waals surface area (Å²) < 4.78 is 31.9. The van der Waals surface area contributed by atoms with Gasteiger partial charge in [-0.25, -0.2) is 13.2 Å². The molecule has 2 aliphatic rings. The summed E-state index contributed by atoms with van der Waals surface area (Å²) in [6.07, 6.45) is 12.0. The van der Waals surface area contributed by atoms with E-state index in [1.165, 1.54) is 17.2 Å². The van der Waals surface area contributed by atoms with E-state index < -0.39 is 68.5 Å². The van der Waals surface area contributed by atoms with Crippen LogP contribution in [0.5, 0.6) is 0 Å². The van der Waals surface area contributed by atoms with Gasteiger partial charge in [0.05, 0.1) is 23.6 Å². The van der Waals surface area contributed by atoms with Gasteiger partial charge in [-0.1, -0.05) is 66.9 Å². The number of amides is 5. The van der Waals surface area contributed by atoms with Crippen molar-refractivity contribution in [2.24, 2.45) is 16.7 Å². The van der Waals surface area contributed by atoms with Gasteiger partial charge >= 0.3 is 6.03 Å². The van der Waals surface area contributed by atoms with Crippen molar-refractivity contribution in [2.45, 2.75) is 122 Å². The summed E-state index contributed by atoms with van der Waals surface area (Å²) >= 11 is 0. The smallest absolute Gasteiger partial charge is 0.315 e. The standard InChI is InChI=1S/C38H57N5O8S/c1-9-11-17-28(30(44)33(46)39-20-10-2)40-32(45)29-22-37(7,8)26(3)23-43(29)34(47)31(36(4,5)6)41-35(48)42-38(18-13-12-14-19-38)25-52(49,50)24-27-16-15-21-51-27/h1,10,15-16,21,26,28-29,31H,2,11-14,17-20,22-25H2,3-8H3,(H,39,46)(H,40,45)(H2,41,42,48)/t26?,28?,29-,31+/m0/s1. The van der Waals surface area contributed by atoms with Crippen molar-refractivity contribution >= 4 is 39.4 Å². The van der Waals surface area contributed by atoms with Crippen molar-refractivity contribution in [3.05, 3.63) is 36.8 Å². The van der Waals surface area contributed by atoms with Gasteiger partial charge in [0.2, 0.25) is 17.6 Å². The number of nitrogens with one attached hydrogen (secondary N) is 4. The molecule has 288 valence electrons. The van der Waals surface area contributed by atoms with Crippen LogP contribution in [-0.4, -0.2) is 85.4 Å². The fourth-order valence-electron chi connectivity index (χ4n) is 6.97. The fraction of sp³-hybridized carbons (Fsp3) is 0.658. The Labute approximate surface area is 308 Å². The fourth-order valence-corrected chi connectivity index (χ4v) is 8.87. The number of piperidine rings is 1. The number of urea groups is 1. The van der Waals surface area contributed by atoms with Gasteiger partial charge in [-0.05, 0) is 54.6 Å². The van der Waals surface area contributed by atoms with Gasteiger partial charge in [-0.15, -0.1) is 18.9 Å². The van der Waals surface area contributed by atoms with E-state index in [0.29, 0.717) is 18.6 Å². The third-order valence-corrected chi connectivity index (χ3v) is 12.1. The second-order valence-corrected chi connectivity index (χ2v) is 18.2. The Balaban J connectivity index is 1.88. The number of nitrogens with zero attached hydrogens (tertiary/aromatic N) is 1. The molecule has 3 rings (SSSR count). The second-order valence-electron chi connectivity index (χ2n) is 16.1. The molecule has 52 heavy (non-hydrogen) atoms. The normalized spacial score (nSPS) is 21.1. The molecule has 1 saturated carbocycles. The van der Waals surface area contributed by atoms with Crippen LogP contribution in [-0.2, 0) is 34.8 Å². The Bertz CT molecular complexity index is 1600. The summed E-state index contributed by atoms with van der Waals surface area (Å²) in [5.41, 5.74) is -2.25. The van der Waals surface area contributed by atoms with Crippen LogP contribution in [0.4, 0.5) is 4.79 Å². The molecular formula is C38H57N5O8S. The van der Waals surface area contributed by atoms with Crippen LogP contribution in [0.15, 0.2) is 35.5 Å². The predicted molar refractivity (Wildman–Crippen MR) is 198 cm³/mol. The van der Waals surface area contributed by atoms with Crippen LogP contribution in [0.3, 0.4) is 0 Å². The average Bonchev–Trinajstić information content (AvgIpc) is 3.56. The third kappa shape index (κ3) is 11.4. The first-order valence-corrected chi connectivity index (χ1v) is 19.8. The highest BCUT2D eigenvalue weighted by atomic mass is 32.2. The Morgan fingerprint density at radius 3 is 2.38 bits per heavy atom. The number of Topliss-reactive ketones (excluding diaryl/α,β-unsaturated/α-hetero) is 1.